The minimum Gasteiger partial charge on any atom is -0.432 e. The Balaban J connectivity index is 3.35. The van der Waals surface area contributed by atoms with E-state index in [4.69, 9.17) is 0 Å². The van der Waals surface area contributed by atoms with Gasteiger partial charge in [-0.1, -0.05) is 0 Å². The predicted octanol–water partition coefficient (Wildman–Crippen LogP) is 2.13. The maximum absolute atomic E-state index is 11.6. The molecule has 0 aromatic heterocycles. The average molecular weight is 230 g/mol. The van der Waals surface area contributed by atoms with Crippen LogP contribution in [0.2, 0.25) is 0 Å². The molecule has 0 aliphatic heterocycles. The van der Waals surface area contributed by atoms with E-state index in [2.05, 4.69) is 14.2 Å². The van der Waals surface area contributed by atoms with Crippen molar-refractivity contribution in [3.05, 3.63) is 0 Å². The zero-order chi connectivity index (χ0) is 11.9. The third-order valence-electron chi connectivity index (χ3n) is 1.05. The molecule has 0 rings (SSSR count). The molecule has 0 aliphatic carbocycles. The number of carbonyl (C=O) groups excluding carboxylic acids is 1. The van der Waals surface area contributed by atoms with Crippen LogP contribution < -0.4 is 0 Å². The van der Waals surface area contributed by atoms with Crippen molar-refractivity contribution >= 4 is 6.16 Å². The maximum atomic E-state index is 11.6. The summed E-state index contributed by atoms with van der Waals surface area (Å²) in [4.78, 5) is 10.7. The van der Waals surface area contributed by atoms with Crippen LogP contribution in [0.5, 0.6) is 0 Å². The number of halogens is 3. The van der Waals surface area contributed by atoms with E-state index < -0.39 is 18.9 Å². The molecule has 0 saturated heterocycles. The van der Waals surface area contributed by atoms with Crippen molar-refractivity contribution in [2.24, 2.45) is 0 Å². The topological polar surface area (TPSA) is 44.8 Å². The number of alkyl halides is 3. The highest BCUT2D eigenvalue weighted by Crippen LogP contribution is 2.14. The van der Waals surface area contributed by atoms with Gasteiger partial charge < -0.3 is 14.2 Å². The molecule has 0 unspecified atom stereocenters. The number of hydrogen-bond donors (Lipinski definition) is 0. The molecule has 90 valence electrons. The van der Waals surface area contributed by atoms with Crippen molar-refractivity contribution in [1.82, 2.24) is 0 Å². The lowest BCUT2D eigenvalue weighted by atomic mass is 10.5. The first kappa shape index (κ1) is 14.0. The lowest BCUT2D eigenvalue weighted by Gasteiger charge is -2.09. The summed E-state index contributed by atoms with van der Waals surface area (Å²) in [6.07, 6.45) is -5.60. The first-order chi connectivity index (χ1) is 6.81. The molecular weight excluding hydrogens is 217 g/mol. The van der Waals surface area contributed by atoms with Crippen LogP contribution in [0, 0.1) is 0 Å². The van der Waals surface area contributed by atoms with Crippen molar-refractivity contribution in [3.63, 3.8) is 0 Å². The van der Waals surface area contributed by atoms with E-state index >= 15 is 0 Å². The average Bonchev–Trinajstić information content (AvgIpc) is 1.99. The van der Waals surface area contributed by atoms with Crippen LogP contribution in [0.3, 0.4) is 0 Å². The first-order valence-corrected chi connectivity index (χ1v) is 4.29. The van der Waals surface area contributed by atoms with Gasteiger partial charge in [0.1, 0.15) is 13.2 Å². The third-order valence-corrected chi connectivity index (χ3v) is 1.05. The summed E-state index contributed by atoms with van der Waals surface area (Å²) in [6, 6.07) is 0. The van der Waals surface area contributed by atoms with Gasteiger partial charge in [-0.2, -0.15) is 13.2 Å². The molecule has 7 heteroatoms. The summed E-state index contributed by atoms with van der Waals surface area (Å²) in [7, 11) is 0. The molecule has 0 aromatic rings. The molecule has 0 aromatic carbocycles. The SMILES string of the molecule is CC(C)OC(=O)OCCOCC(F)(F)F. The van der Waals surface area contributed by atoms with Crippen molar-refractivity contribution in [2.75, 3.05) is 19.8 Å². The molecule has 15 heavy (non-hydrogen) atoms. The molecule has 0 fully saturated rings. The van der Waals surface area contributed by atoms with Crippen molar-refractivity contribution in [2.45, 2.75) is 26.1 Å². The van der Waals surface area contributed by atoms with E-state index in [9.17, 15) is 18.0 Å². The Morgan fingerprint density at radius 2 is 1.87 bits per heavy atom. The van der Waals surface area contributed by atoms with Crippen LogP contribution in [0.25, 0.3) is 0 Å². The van der Waals surface area contributed by atoms with Crippen molar-refractivity contribution < 1.29 is 32.2 Å². The number of carbonyl (C=O) groups is 1. The van der Waals surface area contributed by atoms with Crippen LogP contribution in [0.4, 0.5) is 18.0 Å². The quantitative estimate of drug-likeness (QED) is 0.536. The predicted molar refractivity (Wildman–Crippen MR) is 44.4 cm³/mol. The normalized spacial score (nSPS) is 11.6. The summed E-state index contributed by atoms with van der Waals surface area (Å²) in [6.45, 7) is 1.33. The Bertz CT molecular complexity index is 191. The maximum Gasteiger partial charge on any atom is 0.508 e. The number of hydrogen-bond acceptors (Lipinski definition) is 4. The summed E-state index contributed by atoms with van der Waals surface area (Å²) >= 11 is 0. The molecule has 0 bridgehead atoms. The van der Waals surface area contributed by atoms with Gasteiger partial charge in [0.05, 0.1) is 12.7 Å². The molecule has 0 aliphatic rings. The molecule has 4 nitrogen and oxygen atoms in total. The number of rotatable bonds is 5. The highest BCUT2D eigenvalue weighted by molar-refractivity contribution is 5.59. The summed E-state index contributed by atoms with van der Waals surface area (Å²) in [5.41, 5.74) is 0. The van der Waals surface area contributed by atoms with Crippen molar-refractivity contribution in [3.8, 4) is 0 Å². The van der Waals surface area contributed by atoms with Gasteiger partial charge in [0, 0.05) is 0 Å². The fourth-order valence-corrected chi connectivity index (χ4v) is 0.598. The second-order valence-electron chi connectivity index (χ2n) is 2.93. The van der Waals surface area contributed by atoms with E-state index in [1.165, 1.54) is 0 Å². The monoisotopic (exact) mass is 230 g/mol. The highest BCUT2D eigenvalue weighted by Gasteiger charge is 2.27. The van der Waals surface area contributed by atoms with Crippen LogP contribution in [-0.2, 0) is 14.2 Å². The highest BCUT2D eigenvalue weighted by atomic mass is 19.4. The lowest BCUT2D eigenvalue weighted by molar-refractivity contribution is -0.175. The zero-order valence-corrected chi connectivity index (χ0v) is 8.47. The Labute approximate surface area is 85.3 Å². The molecular formula is C8H13F3O4. The van der Waals surface area contributed by atoms with Crippen LogP contribution >= 0.6 is 0 Å². The second-order valence-corrected chi connectivity index (χ2v) is 2.93. The summed E-state index contributed by atoms with van der Waals surface area (Å²) < 4.78 is 47.8. The fraction of sp³-hybridized carbons (Fsp3) is 0.875. The van der Waals surface area contributed by atoms with Crippen LogP contribution in [-0.4, -0.2) is 38.3 Å². The zero-order valence-electron chi connectivity index (χ0n) is 8.47. The minimum absolute atomic E-state index is 0.262. The van der Waals surface area contributed by atoms with Crippen LogP contribution in [0.1, 0.15) is 13.8 Å². The summed E-state index contributed by atoms with van der Waals surface area (Å²) in [5, 5.41) is 0. The van der Waals surface area contributed by atoms with Crippen molar-refractivity contribution in [1.29, 1.82) is 0 Å². The second kappa shape index (κ2) is 6.49. The minimum atomic E-state index is -4.36. The van der Waals surface area contributed by atoms with Gasteiger partial charge in [0.15, 0.2) is 0 Å². The fourth-order valence-electron chi connectivity index (χ4n) is 0.598. The standard InChI is InChI=1S/C8H13F3O4/c1-6(2)15-7(12)14-4-3-13-5-8(9,10)11/h6H,3-5H2,1-2H3. The van der Waals surface area contributed by atoms with E-state index in [1.54, 1.807) is 13.8 Å². The van der Waals surface area contributed by atoms with Gasteiger partial charge in [0.25, 0.3) is 0 Å². The summed E-state index contributed by atoms with van der Waals surface area (Å²) in [5.74, 6) is 0. The molecule has 0 radical (unpaired) electrons. The van der Waals surface area contributed by atoms with Gasteiger partial charge in [-0.05, 0) is 13.8 Å². The molecule has 0 atom stereocenters. The number of ether oxygens (including phenoxy) is 3. The van der Waals surface area contributed by atoms with E-state index in [-0.39, 0.29) is 19.3 Å². The van der Waals surface area contributed by atoms with E-state index in [1.807, 2.05) is 0 Å². The Kier molecular flexibility index (Phi) is 6.07. The van der Waals surface area contributed by atoms with Gasteiger partial charge in [-0.3, -0.25) is 0 Å². The van der Waals surface area contributed by atoms with Gasteiger partial charge >= 0.3 is 12.3 Å². The Morgan fingerprint density at radius 1 is 1.27 bits per heavy atom. The molecule has 0 spiro atoms. The van der Waals surface area contributed by atoms with E-state index in [0.717, 1.165) is 0 Å². The smallest absolute Gasteiger partial charge is 0.432 e. The van der Waals surface area contributed by atoms with E-state index in [0.29, 0.717) is 0 Å². The molecule has 0 amide bonds. The van der Waals surface area contributed by atoms with Gasteiger partial charge in [0.2, 0.25) is 0 Å². The third kappa shape index (κ3) is 10.9. The molecule has 0 saturated carbocycles. The largest absolute Gasteiger partial charge is 0.508 e. The Hall–Kier alpha value is -0.980. The first-order valence-electron chi connectivity index (χ1n) is 4.29. The van der Waals surface area contributed by atoms with Gasteiger partial charge in [-0.25, -0.2) is 4.79 Å². The van der Waals surface area contributed by atoms with Gasteiger partial charge in [-0.15, -0.1) is 0 Å². The van der Waals surface area contributed by atoms with Crippen LogP contribution in [0.15, 0.2) is 0 Å². The Morgan fingerprint density at radius 3 is 2.33 bits per heavy atom. The lowest BCUT2D eigenvalue weighted by Crippen LogP contribution is -2.20. The molecule has 0 heterocycles. The molecule has 0 N–H and O–H groups in total.